The summed E-state index contributed by atoms with van der Waals surface area (Å²) in [5.41, 5.74) is 4.29. The summed E-state index contributed by atoms with van der Waals surface area (Å²) >= 11 is 0. The summed E-state index contributed by atoms with van der Waals surface area (Å²) in [5.74, 6) is -3.05. The minimum absolute atomic E-state index is 0.268. The van der Waals surface area contributed by atoms with Crippen LogP contribution in [0.2, 0.25) is 0 Å². The van der Waals surface area contributed by atoms with Crippen molar-refractivity contribution >= 4 is 17.6 Å². The Morgan fingerprint density at radius 2 is 1.68 bits per heavy atom. The summed E-state index contributed by atoms with van der Waals surface area (Å²) in [6, 6.07) is 6.33. The molecule has 0 radical (unpaired) electrons. The molecule has 0 atom stereocenters. The predicted molar refractivity (Wildman–Crippen MR) is 68.8 cm³/mol. The maximum Gasteiger partial charge on any atom is 0.348 e. The first kappa shape index (κ1) is 15.0. The lowest BCUT2D eigenvalue weighted by molar-refractivity contribution is -0.188. The average Bonchev–Trinajstić information content (AvgIpc) is 2.29. The zero-order valence-corrected chi connectivity index (χ0v) is 10.8. The average molecular weight is 267 g/mol. The molecule has 0 saturated heterocycles. The first-order chi connectivity index (χ1) is 8.78. The van der Waals surface area contributed by atoms with Crippen LogP contribution >= 0.6 is 0 Å². The summed E-state index contributed by atoms with van der Waals surface area (Å²) < 4.78 is 5.16. The number of hydrogen-bond acceptors (Lipinski definition) is 4. The predicted octanol–water partition coefficient (Wildman–Crippen LogP) is 1.14. The minimum Gasteiger partial charge on any atom is -0.479 e. The fourth-order valence-corrected chi connectivity index (χ4v) is 1.71. The van der Waals surface area contributed by atoms with Crippen molar-refractivity contribution in [3.05, 3.63) is 29.8 Å². The van der Waals surface area contributed by atoms with Gasteiger partial charge in [0.1, 0.15) is 0 Å². The zero-order valence-electron chi connectivity index (χ0n) is 10.8. The van der Waals surface area contributed by atoms with Crippen molar-refractivity contribution < 1.29 is 24.5 Å². The maximum atomic E-state index is 11.3. The van der Waals surface area contributed by atoms with Crippen LogP contribution in [0.3, 0.4) is 0 Å². The highest BCUT2D eigenvalue weighted by molar-refractivity contribution is 6.02. The number of nitrogen functional groups attached to an aromatic ring is 1. The van der Waals surface area contributed by atoms with Crippen molar-refractivity contribution in [2.45, 2.75) is 32.0 Å². The molecule has 0 amide bonds. The van der Waals surface area contributed by atoms with Gasteiger partial charge >= 0.3 is 11.9 Å². The Bertz CT molecular complexity index is 452. The van der Waals surface area contributed by atoms with E-state index in [-0.39, 0.29) is 6.42 Å². The van der Waals surface area contributed by atoms with E-state index < -0.39 is 23.6 Å². The molecule has 0 aliphatic rings. The molecule has 4 N–H and O–H groups in total. The Labute approximate surface area is 110 Å². The third kappa shape index (κ3) is 3.45. The van der Waals surface area contributed by atoms with Crippen LogP contribution in [0.25, 0.3) is 0 Å². The lowest BCUT2D eigenvalue weighted by atomic mass is 9.94. The molecule has 1 aromatic carbocycles. The van der Waals surface area contributed by atoms with Crippen molar-refractivity contribution in [2.24, 2.45) is 0 Å². The van der Waals surface area contributed by atoms with Crippen LogP contribution in [0.4, 0.5) is 5.69 Å². The van der Waals surface area contributed by atoms with E-state index in [4.69, 9.17) is 10.5 Å². The third-order valence-electron chi connectivity index (χ3n) is 2.56. The van der Waals surface area contributed by atoms with E-state index >= 15 is 0 Å². The minimum atomic E-state index is -2.29. The molecule has 0 unspecified atom stereocenters. The Morgan fingerprint density at radius 1 is 1.21 bits per heavy atom. The van der Waals surface area contributed by atoms with E-state index in [9.17, 15) is 19.8 Å². The van der Waals surface area contributed by atoms with Crippen molar-refractivity contribution in [3.63, 3.8) is 0 Å². The summed E-state index contributed by atoms with van der Waals surface area (Å²) in [6.45, 7) is 3.17. The lowest BCUT2D eigenvalue weighted by Gasteiger charge is -2.27. The van der Waals surface area contributed by atoms with Crippen LogP contribution in [0.1, 0.15) is 19.4 Å². The summed E-state index contributed by atoms with van der Waals surface area (Å²) in [4.78, 5) is 22.7. The topological polar surface area (TPSA) is 110 Å². The Balaban J connectivity index is 3.12. The number of benzene rings is 1. The molecule has 19 heavy (non-hydrogen) atoms. The fraction of sp³-hybridized carbons (Fsp3) is 0.385. The number of rotatable bonds is 6. The largest absolute Gasteiger partial charge is 0.479 e. The molecular formula is C13H17NO5. The van der Waals surface area contributed by atoms with Crippen molar-refractivity contribution in [3.8, 4) is 0 Å². The van der Waals surface area contributed by atoms with Gasteiger partial charge in [0, 0.05) is 12.1 Å². The second kappa shape index (κ2) is 5.71. The van der Waals surface area contributed by atoms with Gasteiger partial charge in [-0.2, -0.15) is 0 Å². The van der Waals surface area contributed by atoms with Gasteiger partial charge in [-0.25, -0.2) is 9.59 Å². The van der Waals surface area contributed by atoms with Gasteiger partial charge in [-0.15, -0.1) is 0 Å². The maximum absolute atomic E-state index is 11.3. The molecule has 0 bridgehead atoms. The standard InChI is InChI=1S/C13H17NO5/c1-8(2)19-13(11(15)16,12(17)18)7-9-3-5-10(14)6-4-9/h3-6,8H,7,14H2,1-2H3,(H,15,16)(H,17,18). The zero-order chi connectivity index (χ0) is 14.6. The number of ether oxygens (including phenoxy) is 1. The normalized spacial score (nSPS) is 11.5. The number of nitrogens with two attached hydrogens (primary N) is 1. The first-order valence-electron chi connectivity index (χ1n) is 5.77. The van der Waals surface area contributed by atoms with E-state index in [2.05, 4.69) is 0 Å². The first-order valence-corrected chi connectivity index (χ1v) is 5.77. The molecule has 6 nitrogen and oxygen atoms in total. The van der Waals surface area contributed by atoms with Gasteiger partial charge in [-0.05, 0) is 31.5 Å². The molecule has 0 aliphatic carbocycles. The van der Waals surface area contributed by atoms with Gasteiger partial charge in [0.05, 0.1) is 6.10 Å². The van der Waals surface area contributed by atoms with Crippen LogP contribution < -0.4 is 5.73 Å². The number of aliphatic carboxylic acids is 2. The monoisotopic (exact) mass is 267 g/mol. The Morgan fingerprint density at radius 3 is 2.05 bits per heavy atom. The SMILES string of the molecule is CC(C)OC(Cc1ccc(N)cc1)(C(=O)O)C(=O)O. The van der Waals surface area contributed by atoms with Gasteiger partial charge in [0.15, 0.2) is 0 Å². The highest BCUT2D eigenvalue weighted by atomic mass is 16.6. The van der Waals surface area contributed by atoms with E-state index in [1.807, 2.05) is 0 Å². The molecule has 104 valence electrons. The number of hydrogen-bond donors (Lipinski definition) is 3. The van der Waals surface area contributed by atoms with Crippen LogP contribution in [0.5, 0.6) is 0 Å². The summed E-state index contributed by atoms with van der Waals surface area (Å²) in [5, 5.41) is 18.5. The summed E-state index contributed by atoms with van der Waals surface area (Å²) in [6.07, 6.45) is -0.795. The highest BCUT2D eigenvalue weighted by Gasteiger charge is 2.49. The van der Waals surface area contributed by atoms with Crippen LogP contribution in [0, 0.1) is 0 Å². The van der Waals surface area contributed by atoms with Crippen molar-refractivity contribution in [1.82, 2.24) is 0 Å². The quantitative estimate of drug-likeness (QED) is 0.526. The van der Waals surface area contributed by atoms with Gasteiger partial charge in [0.25, 0.3) is 5.60 Å². The number of carbonyl (C=O) groups is 2. The molecule has 0 aromatic heterocycles. The smallest absolute Gasteiger partial charge is 0.348 e. The Hall–Kier alpha value is -2.08. The van der Waals surface area contributed by atoms with E-state index in [1.54, 1.807) is 38.1 Å². The Kier molecular flexibility index (Phi) is 4.50. The number of anilines is 1. The van der Waals surface area contributed by atoms with Gasteiger partial charge in [0.2, 0.25) is 0 Å². The molecule has 0 aliphatic heterocycles. The van der Waals surface area contributed by atoms with E-state index in [0.717, 1.165) is 0 Å². The second-order valence-electron chi connectivity index (χ2n) is 4.52. The van der Waals surface area contributed by atoms with Crippen molar-refractivity contribution in [1.29, 1.82) is 0 Å². The van der Waals surface area contributed by atoms with E-state index in [1.165, 1.54) is 0 Å². The molecule has 0 spiro atoms. The second-order valence-corrected chi connectivity index (χ2v) is 4.52. The van der Waals surface area contributed by atoms with Gasteiger partial charge < -0.3 is 20.7 Å². The summed E-state index contributed by atoms with van der Waals surface area (Å²) in [7, 11) is 0. The molecule has 0 fully saturated rings. The van der Waals surface area contributed by atoms with Gasteiger partial charge in [-0.3, -0.25) is 0 Å². The molecule has 0 saturated carbocycles. The lowest BCUT2D eigenvalue weighted by Crippen LogP contribution is -2.52. The van der Waals surface area contributed by atoms with Crippen LogP contribution in [0.15, 0.2) is 24.3 Å². The van der Waals surface area contributed by atoms with E-state index in [0.29, 0.717) is 11.3 Å². The molecule has 1 aromatic rings. The van der Waals surface area contributed by atoms with Crippen LogP contribution in [-0.2, 0) is 20.7 Å². The highest BCUT2D eigenvalue weighted by Crippen LogP contribution is 2.22. The molecular weight excluding hydrogens is 250 g/mol. The van der Waals surface area contributed by atoms with Crippen molar-refractivity contribution in [2.75, 3.05) is 5.73 Å². The molecule has 1 rings (SSSR count). The third-order valence-corrected chi connectivity index (χ3v) is 2.56. The van der Waals surface area contributed by atoms with Crippen LogP contribution in [-0.4, -0.2) is 33.9 Å². The number of carboxylic acids is 2. The number of carboxylic acid groups (broad SMARTS) is 2. The molecule has 6 heteroatoms. The fourth-order valence-electron chi connectivity index (χ4n) is 1.71. The molecule has 0 heterocycles. The van der Waals surface area contributed by atoms with Gasteiger partial charge in [-0.1, -0.05) is 12.1 Å².